The summed E-state index contributed by atoms with van der Waals surface area (Å²) in [5, 5.41) is 9.11. The summed E-state index contributed by atoms with van der Waals surface area (Å²) in [6, 6.07) is 20.6. The van der Waals surface area contributed by atoms with Crippen LogP contribution < -0.4 is 9.47 Å². The second kappa shape index (κ2) is 9.92. The zero-order chi connectivity index (χ0) is 27.3. The molecular weight excluding hydrogens is 507 g/mol. The molecule has 7 rings (SSSR count). The summed E-state index contributed by atoms with van der Waals surface area (Å²) in [6.07, 6.45) is 3.33. The number of para-hydroxylation sites is 3. The lowest BCUT2D eigenvalue weighted by molar-refractivity contribution is -0.0712. The molecule has 2 saturated heterocycles. The van der Waals surface area contributed by atoms with Crippen LogP contribution in [-0.2, 0) is 23.6 Å². The van der Waals surface area contributed by atoms with Crippen LogP contribution in [0.25, 0.3) is 11.0 Å². The van der Waals surface area contributed by atoms with E-state index < -0.39 is 11.6 Å². The van der Waals surface area contributed by atoms with Crippen LogP contribution in [0.15, 0.2) is 60.7 Å². The summed E-state index contributed by atoms with van der Waals surface area (Å²) < 4.78 is 35.5. The second-order valence-electron chi connectivity index (χ2n) is 11.1. The van der Waals surface area contributed by atoms with Crippen LogP contribution >= 0.6 is 0 Å². The van der Waals surface area contributed by atoms with E-state index in [1.54, 1.807) is 19.1 Å². The van der Waals surface area contributed by atoms with Crippen molar-refractivity contribution in [2.75, 3.05) is 19.7 Å². The van der Waals surface area contributed by atoms with Gasteiger partial charge in [-0.2, -0.15) is 5.26 Å². The van der Waals surface area contributed by atoms with Gasteiger partial charge >= 0.3 is 0 Å². The molecule has 8 heteroatoms. The predicted octanol–water partition coefficient (Wildman–Crippen LogP) is 5.86. The normalized spacial score (nSPS) is 22.8. The van der Waals surface area contributed by atoms with E-state index in [1.165, 1.54) is 11.6 Å². The molecule has 0 spiro atoms. The molecule has 40 heavy (non-hydrogen) atoms. The van der Waals surface area contributed by atoms with E-state index in [-0.39, 0.29) is 17.2 Å². The monoisotopic (exact) mass is 538 g/mol. The number of aromatic nitrogens is 2. The number of piperidine rings is 1. The minimum Gasteiger partial charge on any atom is -0.444 e. The molecule has 0 amide bonds. The van der Waals surface area contributed by atoms with E-state index in [0.717, 1.165) is 69.0 Å². The molecule has 1 aromatic heterocycles. The van der Waals surface area contributed by atoms with Crippen molar-refractivity contribution >= 4 is 11.0 Å². The Morgan fingerprint density at radius 1 is 1.05 bits per heavy atom. The van der Waals surface area contributed by atoms with E-state index >= 15 is 0 Å². The van der Waals surface area contributed by atoms with Gasteiger partial charge in [0.05, 0.1) is 47.4 Å². The van der Waals surface area contributed by atoms with Gasteiger partial charge in [-0.3, -0.25) is 4.90 Å². The van der Waals surface area contributed by atoms with Crippen LogP contribution in [0.1, 0.15) is 54.6 Å². The number of benzene rings is 3. The highest BCUT2D eigenvalue weighted by atomic mass is 19.1. The Bertz CT molecular complexity index is 1620. The lowest BCUT2D eigenvalue weighted by Gasteiger charge is -2.33. The Kier molecular flexibility index (Phi) is 6.21. The molecule has 0 aliphatic carbocycles. The summed E-state index contributed by atoms with van der Waals surface area (Å²) in [4.78, 5) is 7.46. The van der Waals surface area contributed by atoms with Crippen molar-refractivity contribution in [2.24, 2.45) is 0 Å². The Hall–Kier alpha value is -3.93. The first-order chi connectivity index (χ1) is 19.5. The van der Waals surface area contributed by atoms with Gasteiger partial charge in [0.1, 0.15) is 11.6 Å². The number of fused-ring (bicyclic) bond motifs is 2. The molecule has 3 aliphatic heterocycles. The van der Waals surface area contributed by atoms with Crippen LogP contribution in [0, 0.1) is 17.1 Å². The number of likely N-dealkylation sites (tertiary alicyclic amines) is 1. The summed E-state index contributed by atoms with van der Waals surface area (Å²) in [5.41, 5.74) is 3.84. The Labute approximate surface area is 232 Å². The fourth-order valence-electron chi connectivity index (χ4n) is 6.22. The van der Waals surface area contributed by atoms with E-state index in [0.29, 0.717) is 17.4 Å². The molecule has 0 saturated carbocycles. The second-order valence-corrected chi connectivity index (χ2v) is 11.1. The molecule has 2 fully saturated rings. The van der Waals surface area contributed by atoms with Crippen molar-refractivity contribution in [3.05, 3.63) is 89.0 Å². The van der Waals surface area contributed by atoms with Gasteiger partial charge < -0.3 is 18.8 Å². The quantitative estimate of drug-likeness (QED) is 0.306. The Morgan fingerprint density at radius 3 is 2.62 bits per heavy atom. The average Bonchev–Trinajstić information content (AvgIpc) is 3.47. The van der Waals surface area contributed by atoms with Crippen molar-refractivity contribution in [3.63, 3.8) is 0 Å². The van der Waals surface area contributed by atoms with Crippen molar-refractivity contribution < 1.29 is 18.6 Å². The van der Waals surface area contributed by atoms with Gasteiger partial charge in [0.25, 0.3) is 5.79 Å². The number of halogens is 1. The lowest BCUT2D eigenvalue weighted by Crippen LogP contribution is -2.35. The average molecular weight is 539 g/mol. The van der Waals surface area contributed by atoms with Crippen molar-refractivity contribution in [2.45, 2.75) is 57.1 Å². The number of nitriles is 1. The Balaban J connectivity index is 1.07. The molecule has 0 N–H and O–H groups in total. The molecule has 4 heterocycles. The summed E-state index contributed by atoms with van der Waals surface area (Å²) in [5.74, 6) is 0.907. The minimum absolute atomic E-state index is 0.264. The number of rotatable bonds is 6. The molecule has 0 bridgehead atoms. The molecule has 204 valence electrons. The highest BCUT2D eigenvalue weighted by molar-refractivity contribution is 5.75. The predicted molar refractivity (Wildman–Crippen MR) is 148 cm³/mol. The van der Waals surface area contributed by atoms with Crippen molar-refractivity contribution in [1.29, 1.82) is 5.26 Å². The molecule has 3 aliphatic rings. The van der Waals surface area contributed by atoms with Crippen LogP contribution in [0.5, 0.6) is 11.5 Å². The van der Waals surface area contributed by atoms with Crippen molar-refractivity contribution in [1.82, 2.24) is 14.5 Å². The van der Waals surface area contributed by atoms with Crippen LogP contribution in [-0.4, -0.2) is 40.3 Å². The van der Waals surface area contributed by atoms with Gasteiger partial charge in [0.15, 0.2) is 11.5 Å². The summed E-state index contributed by atoms with van der Waals surface area (Å²) >= 11 is 0. The molecule has 3 aromatic carbocycles. The first-order valence-corrected chi connectivity index (χ1v) is 14.0. The fourth-order valence-corrected chi connectivity index (χ4v) is 6.22. The fraction of sp³-hybridized carbons (Fsp3) is 0.375. The topological polar surface area (TPSA) is 72.5 Å². The van der Waals surface area contributed by atoms with Gasteiger partial charge in [-0.1, -0.05) is 24.3 Å². The number of hydrogen-bond acceptors (Lipinski definition) is 6. The zero-order valence-electron chi connectivity index (χ0n) is 22.5. The molecule has 7 nitrogen and oxygen atoms in total. The summed E-state index contributed by atoms with van der Waals surface area (Å²) in [7, 11) is 0. The molecule has 4 aromatic rings. The van der Waals surface area contributed by atoms with E-state index in [4.69, 9.17) is 24.5 Å². The largest absolute Gasteiger partial charge is 0.444 e. The van der Waals surface area contributed by atoms with Gasteiger partial charge in [-0.15, -0.1) is 0 Å². The highest BCUT2D eigenvalue weighted by Gasteiger charge is 2.43. The van der Waals surface area contributed by atoms with Crippen molar-refractivity contribution in [3.8, 4) is 17.6 Å². The third-order valence-corrected chi connectivity index (χ3v) is 8.50. The third kappa shape index (κ3) is 4.40. The molecule has 0 radical (unpaired) electrons. The zero-order valence-corrected chi connectivity index (χ0v) is 22.5. The van der Waals surface area contributed by atoms with Gasteiger partial charge in [0, 0.05) is 19.1 Å². The third-order valence-electron chi connectivity index (χ3n) is 8.50. The first-order valence-electron chi connectivity index (χ1n) is 14.0. The van der Waals surface area contributed by atoms with Gasteiger partial charge in [0.2, 0.25) is 0 Å². The highest BCUT2D eigenvalue weighted by Crippen LogP contribution is 2.49. The SMILES string of the molecule is C[C@@]1(c2ccc(C#N)cc2F)Oc2cccc(C3CCN(Cc4nc5ccccc5n4C[C@@H]4CCO4)CC3)c2O1. The van der Waals surface area contributed by atoms with E-state index in [9.17, 15) is 4.39 Å². The van der Waals surface area contributed by atoms with Crippen LogP contribution in [0.3, 0.4) is 0 Å². The first kappa shape index (κ1) is 25.1. The number of nitrogens with zero attached hydrogens (tertiary/aromatic N) is 4. The number of hydrogen-bond donors (Lipinski definition) is 0. The molecule has 2 atom stereocenters. The minimum atomic E-state index is -1.29. The maximum atomic E-state index is 14.9. The summed E-state index contributed by atoms with van der Waals surface area (Å²) in [6.45, 7) is 6.11. The lowest BCUT2D eigenvalue weighted by atomic mass is 9.88. The van der Waals surface area contributed by atoms with Crippen LogP contribution in [0.2, 0.25) is 0 Å². The smallest absolute Gasteiger partial charge is 0.278 e. The number of imidazole rings is 1. The van der Waals surface area contributed by atoms with Gasteiger partial charge in [-0.25, -0.2) is 9.37 Å². The van der Waals surface area contributed by atoms with Gasteiger partial charge in [-0.05, 0) is 74.7 Å². The maximum Gasteiger partial charge on any atom is 0.278 e. The van der Waals surface area contributed by atoms with Crippen LogP contribution in [0.4, 0.5) is 4.39 Å². The van der Waals surface area contributed by atoms with E-state index in [1.807, 2.05) is 24.3 Å². The number of ether oxygens (including phenoxy) is 3. The maximum absolute atomic E-state index is 14.9. The molecule has 0 unspecified atom stereocenters. The van der Waals surface area contributed by atoms with E-state index in [2.05, 4.69) is 33.7 Å². The standard InChI is InChI=1S/C32H31FN4O3/c1-32(25-10-9-21(18-34)17-26(25)33)39-29-8-4-5-24(31(29)40-32)22-11-14-36(15-12-22)20-30-35-27-6-2-3-7-28(27)37(30)19-23-13-16-38-23/h2-10,17,22-23H,11-16,19-20H2,1H3/t23-,32+/m0/s1. The Morgan fingerprint density at radius 2 is 1.88 bits per heavy atom. The molecular formula is C32H31FN4O3.